The number of unbranched alkanes of at least 4 members (excludes halogenated alkanes) is 4. The number of Topliss-reactive ketones (excluding diaryl/α,β-unsaturated/α-hetero) is 1. The SMILES string of the molecule is CC(=O)CCCCCCCNC(=O)c1cc2ccccc2cc1O. The lowest BCUT2D eigenvalue weighted by Crippen LogP contribution is -2.24. The Morgan fingerprint density at radius 1 is 0.958 bits per heavy atom. The van der Waals surface area contributed by atoms with Crippen LogP contribution in [0, 0.1) is 0 Å². The molecule has 2 aromatic carbocycles. The highest BCUT2D eigenvalue weighted by molar-refractivity contribution is 6.01. The number of nitrogens with one attached hydrogen (secondary N) is 1. The molecule has 0 atom stereocenters. The van der Waals surface area contributed by atoms with Gasteiger partial charge in [0.1, 0.15) is 11.5 Å². The lowest BCUT2D eigenvalue weighted by atomic mass is 10.1. The van der Waals surface area contributed by atoms with E-state index in [1.807, 2.05) is 24.3 Å². The summed E-state index contributed by atoms with van der Waals surface area (Å²) in [7, 11) is 0. The van der Waals surface area contributed by atoms with E-state index in [-0.39, 0.29) is 17.4 Å². The maximum atomic E-state index is 12.2. The average Bonchev–Trinajstić information content (AvgIpc) is 2.56. The number of phenolic OH excluding ortho intramolecular Hbond substituents is 1. The molecule has 0 spiro atoms. The van der Waals surface area contributed by atoms with Crippen molar-refractivity contribution < 1.29 is 14.7 Å². The van der Waals surface area contributed by atoms with Gasteiger partial charge in [-0.25, -0.2) is 0 Å². The highest BCUT2D eigenvalue weighted by Crippen LogP contribution is 2.24. The highest BCUT2D eigenvalue weighted by atomic mass is 16.3. The molecule has 128 valence electrons. The van der Waals surface area contributed by atoms with Crippen molar-refractivity contribution in [3.8, 4) is 5.75 Å². The summed E-state index contributed by atoms with van der Waals surface area (Å²) in [6.07, 6.45) is 5.68. The number of rotatable bonds is 9. The van der Waals surface area contributed by atoms with Gasteiger partial charge in [0.2, 0.25) is 0 Å². The first-order valence-electron chi connectivity index (χ1n) is 8.57. The molecule has 0 bridgehead atoms. The van der Waals surface area contributed by atoms with Crippen LogP contribution in [0.5, 0.6) is 5.75 Å². The molecule has 1 amide bonds. The molecule has 4 heteroatoms. The van der Waals surface area contributed by atoms with Gasteiger partial charge in [0.05, 0.1) is 5.56 Å². The minimum absolute atomic E-state index is 0.00966. The molecule has 0 saturated carbocycles. The van der Waals surface area contributed by atoms with Gasteiger partial charge >= 0.3 is 0 Å². The number of ketones is 1. The summed E-state index contributed by atoms with van der Waals surface area (Å²) in [5.41, 5.74) is 0.315. The Kier molecular flexibility index (Phi) is 6.79. The minimum Gasteiger partial charge on any atom is -0.507 e. The number of aromatic hydroxyl groups is 1. The number of fused-ring (bicyclic) bond motifs is 1. The second kappa shape index (κ2) is 9.06. The van der Waals surface area contributed by atoms with E-state index in [0.717, 1.165) is 42.9 Å². The largest absolute Gasteiger partial charge is 0.507 e. The number of phenols is 1. The van der Waals surface area contributed by atoms with Crippen LogP contribution < -0.4 is 5.32 Å². The van der Waals surface area contributed by atoms with E-state index in [2.05, 4.69) is 5.32 Å². The van der Waals surface area contributed by atoms with Crippen LogP contribution in [0.3, 0.4) is 0 Å². The van der Waals surface area contributed by atoms with Crippen molar-refractivity contribution in [2.45, 2.75) is 45.4 Å². The predicted molar refractivity (Wildman–Crippen MR) is 96.3 cm³/mol. The third-order valence-corrected chi connectivity index (χ3v) is 4.10. The zero-order chi connectivity index (χ0) is 17.4. The standard InChI is InChI=1S/C20H25NO3/c1-15(22)9-5-3-2-4-8-12-21-20(24)18-13-16-10-6-7-11-17(16)14-19(18)23/h6-7,10-11,13-14,23H,2-5,8-9,12H2,1H3,(H,21,24). The molecule has 0 heterocycles. The number of hydrogen-bond donors (Lipinski definition) is 2. The molecule has 0 aliphatic heterocycles. The van der Waals surface area contributed by atoms with E-state index in [1.165, 1.54) is 0 Å². The van der Waals surface area contributed by atoms with Crippen LogP contribution in [-0.4, -0.2) is 23.3 Å². The van der Waals surface area contributed by atoms with Crippen LogP contribution in [0.25, 0.3) is 10.8 Å². The summed E-state index contributed by atoms with van der Waals surface area (Å²) in [6, 6.07) is 11.0. The minimum atomic E-state index is -0.241. The van der Waals surface area contributed by atoms with Gasteiger partial charge in [0.15, 0.2) is 0 Å². The van der Waals surface area contributed by atoms with Gasteiger partial charge in [-0.3, -0.25) is 4.79 Å². The molecule has 4 nitrogen and oxygen atoms in total. The summed E-state index contributed by atoms with van der Waals surface area (Å²) in [5.74, 6) is 0.0164. The summed E-state index contributed by atoms with van der Waals surface area (Å²) < 4.78 is 0. The van der Waals surface area contributed by atoms with E-state index in [1.54, 1.807) is 19.1 Å². The fourth-order valence-electron chi connectivity index (χ4n) is 2.74. The second-order valence-electron chi connectivity index (χ2n) is 6.19. The van der Waals surface area contributed by atoms with E-state index in [9.17, 15) is 14.7 Å². The average molecular weight is 327 g/mol. The Morgan fingerprint density at radius 2 is 1.58 bits per heavy atom. The summed E-state index contributed by atoms with van der Waals surface area (Å²) in [4.78, 5) is 23.0. The van der Waals surface area contributed by atoms with Gasteiger partial charge in [-0.1, -0.05) is 43.5 Å². The zero-order valence-corrected chi connectivity index (χ0v) is 14.2. The zero-order valence-electron chi connectivity index (χ0n) is 14.2. The summed E-state index contributed by atoms with van der Waals surface area (Å²) >= 11 is 0. The molecule has 0 aliphatic carbocycles. The van der Waals surface area contributed by atoms with Gasteiger partial charge in [-0.2, -0.15) is 0 Å². The number of amides is 1. The van der Waals surface area contributed by atoms with E-state index in [0.29, 0.717) is 18.5 Å². The smallest absolute Gasteiger partial charge is 0.255 e. The van der Waals surface area contributed by atoms with Crippen LogP contribution in [0.4, 0.5) is 0 Å². The van der Waals surface area contributed by atoms with Crippen LogP contribution >= 0.6 is 0 Å². The predicted octanol–water partition coefficient (Wildman–Crippen LogP) is 4.20. The molecule has 0 unspecified atom stereocenters. The third kappa shape index (κ3) is 5.37. The number of carbonyl (C=O) groups excluding carboxylic acids is 2. The first-order chi connectivity index (χ1) is 11.6. The molecular weight excluding hydrogens is 302 g/mol. The number of benzene rings is 2. The third-order valence-electron chi connectivity index (χ3n) is 4.10. The summed E-state index contributed by atoms with van der Waals surface area (Å²) in [6.45, 7) is 2.22. The summed E-state index contributed by atoms with van der Waals surface area (Å²) in [5, 5.41) is 14.7. The monoisotopic (exact) mass is 327 g/mol. The maximum Gasteiger partial charge on any atom is 0.255 e. The Morgan fingerprint density at radius 3 is 2.29 bits per heavy atom. The molecule has 0 saturated heterocycles. The normalized spacial score (nSPS) is 10.7. The van der Waals surface area contributed by atoms with Gasteiger partial charge in [-0.05, 0) is 42.7 Å². The van der Waals surface area contributed by atoms with Gasteiger partial charge in [-0.15, -0.1) is 0 Å². The first-order valence-corrected chi connectivity index (χ1v) is 8.57. The molecule has 2 N–H and O–H groups in total. The molecule has 0 aromatic heterocycles. The lowest BCUT2D eigenvalue weighted by Gasteiger charge is -2.08. The quantitative estimate of drug-likeness (QED) is 0.678. The van der Waals surface area contributed by atoms with Gasteiger partial charge in [0, 0.05) is 13.0 Å². The lowest BCUT2D eigenvalue weighted by molar-refractivity contribution is -0.117. The van der Waals surface area contributed by atoms with Crippen molar-refractivity contribution in [2.75, 3.05) is 6.54 Å². The Labute approximate surface area is 142 Å². The Hall–Kier alpha value is -2.36. The van der Waals surface area contributed by atoms with Crippen molar-refractivity contribution >= 4 is 22.5 Å². The van der Waals surface area contributed by atoms with Gasteiger partial charge < -0.3 is 15.2 Å². The molecule has 0 fully saturated rings. The molecule has 24 heavy (non-hydrogen) atoms. The van der Waals surface area contributed by atoms with Gasteiger partial charge in [0.25, 0.3) is 5.91 Å². The molecule has 0 radical (unpaired) electrons. The van der Waals surface area contributed by atoms with Crippen molar-refractivity contribution in [1.82, 2.24) is 5.32 Å². The fraction of sp³-hybridized carbons (Fsp3) is 0.400. The van der Waals surface area contributed by atoms with Crippen molar-refractivity contribution in [3.05, 3.63) is 42.0 Å². The highest BCUT2D eigenvalue weighted by Gasteiger charge is 2.11. The first kappa shape index (κ1) is 18.0. The molecule has 2 rings (SSSR count). The fourth-order valence-corrected chi connectivity index (χ4v) is 2.74. The van der Waals surface area contributed by atoms with Crippen molar-refractivity contribution in [1.29, 1.82) is 0 Å². The van der Waals surface area contributed by atoms with Crippen LogP contribution in [0.15, 0.2) is 36.4 Å². The molecule has 0 aliphatic rings. The Bertz CT molecular complexity index is 709. The second-order valence-corrected chi connectivity index (χ2v) is 6.19. The van der Waals surface area contributed by atoms with Crippen LogP contribution in [-0.2, 0) is 4.79 Å². The van der Waals surface area contributed by atoms with Crippen LogP contribution in [0.1, 0.15) is 55.8 Å². The van der Waals surface area contributed by atoms with E-state index < -0.39 is 0 Å². The van der Waals surface area contributed by atoms with E-state index >= 15 is 0 Å². The van der Waals surface area contributed by atoms with Crippen LogP contribution in [0.2, 0.25) is 0 Å². The van der Waals surface area contributed by atoms with E-state index in [4.69, 9.17) is 0 Å². The maximum absolute atomic E-state index is 12.2. The van der Waals surface area contributed by atoms with Crippen molar-refractivity contribution in [3.63, 3.8) is 0 Å². The number of hydrogen-bond acceptors (Lipinski definition) is 3. The Balaban J connectivity index is 1.75. The van der Waals surface area contributed by atoms with Crippen molar-refractivity contribution in [2.24, 2.45) is 0 Å². The molecule has 2 aromatic rings. The topological polar surface area (TPSA) is 66.4 Å². The molecular formula is C20H25NO3. The number of carbonyl (C=O) groups is 2.